The highest BCUT2D eigenvalue weighted by Gasteiger charge is 2.22. The van der Waals surface area contributed by atoms with E-state index in [2.05, 4.69) is 10.6 Å². The van der Waals surface area contributed by atoms with Crippen molar-refractivity contribution in [2.75, 3.05) is 19.6 Å². The van der Waals surface area contributed by atoms with Gasteiger partial charge in [0.25, 0.3) is 0 Å². The lowest BCUT2D eigenvalue weighted by atomic mass is 10.1. The van der Waals surface area contributed by atoms with Gasteiger partial charge in [0.15, 0.2) is 5.78 Å². The summed E-state index contributed by atoms with van der Waals surface area (Å²) < 4.78 is 0. The highest BCUT2D eigenvalue weighted by Crippen LogP contribution is 1.92. The molecule has 4 N–H and O–H groups in total. The molecular weight excluding hydrogens is 142 g/mol. The Hall–Kier alpha value is -0.450. The molecule has 0 aromatic carbocycles. The maximum absolute atomic E-state index is 11.3. The van der Waals surface area contributed by atoms with Crippen molar-refractivity contribution < 1.29 is 4.79 Å². The second-order valence-corrected chi connectivity index (χ2v) is 2.90. The molecular formula is C7H15N3O. The summed E-state index contributed by atoms with van der Waals surface area (Å²) in [4.78, 5) is 11.3. The lowest BCUT2D eigenvalue weighted by Gasteiger charge is -2.24. The molecule has 1 saturated heterocycles. The second kappa shape index (κ2) is 3.80. The van der Waals surface area contributed by atoms with Gasteiger partial charge in [-0.25, -0.2) is 0 Å². The lowest BCUT2D eigenvalue weighted by Crippen LogP contribution is -2.55. The normalized spacial score (nSPS) is 28.0. The zero-order valence-corrected chi connectivity index (χ0v) is 6.76. The molecule has 64 valence electrons. The fourth-order valence-electron chi connectivity index (χ4n) is 1.17. The van der Waals surface area contributed by atoms with E-state index in [1.807, 2.05) is 0 Å². The maximum Gasteiger partial charge on any atom is 0.167 e. The van der Waals surface area contributed by atoms with Crippen molar-refractivity contribution in [1.29, 1.82) is 0 Å². The van der Waals surface area contributed by atoms with Gasteiger partial charge in [-0.2, -0.15) is 0 Å². The third-order valence-corrected chi connectivity index (χ3v) is 1.83. The molecule has 0 aromatic rings. The molecule has 11 heavy (non-hydrogen) atoms. The molecule has 1 fully saturated rings. The van der Waals surface area contributed by atoms with Crippen molar-refractivity contribution in [3.8, 4) is 0 Å². The zero-order chi connectivity index (χ0) is 8.27. The molecule has 0 radical (unpaired) electrons. The van der Waals surface area contributed by atoms with Crippen LogP contribution in [0.15, 0.2) is 0 Å². The molecule has 0 spiro atoms. The van der Waals surface area contributed by atoms with Crippen molar-refractivity contribution >= 4 is 5.78 Å². The van der Waals surface area contributed by atoms with E-state index >= 15 is 0 Å². The second-order valence-electron chi connectivity index (χ2n) is 2.90. The number of hydrogen-bond acceptors (Lipinski definition) is 4. The molecule has 1 rings (SSSR count). The number of piperazine rings is 1. The highest BCUT2D eigenvalue weighted by molar-refractivity contribution is 5.88. The topological polar surface area (TPSA) is 67.2 Å². The number of Topliss-reactive ketones (excluding diaryl/α,β-unsaturated/α-hetero) is 1. The number of carbonyl (C=O) groups excluding carboxylic acids is 1. The number of hydrogen-bond donors (Lipinski definition) is 3. The Morgan fingerprint density at radius 2 is 2.36 bits per heavy atom. The van der Waals surface area contributed by atoms with E-state index < -0.39 is 0 Å². The van der Waals surface area contributed by atoms with Crippen LogP contribution < -0.4 is 16.4 Å². The molecule has 0 aromatic heterocycles. The molecule has 1 aliphatic heterocycles. The summed E-state index contributed by atoms with van der Waals surface area (Å²) in [6.07, 6.45) is 0. The Labute approximate surface area is 66.5 Å². The van der Waals surface area contributed by atoms with Crippen molar-refractivity contribution in [1.82, 2.24) is 10.6 Å². The van der Waals surface area contributed by atoms with E-state index in [0.29, 0.717) is 6.54 Å². The summed E-state index contributed by atoms with van der Waals surface area (Å²) in [7, 11) is 0. The number of carbonyl (C=O) groups is 1. The van der Waals surface area contributed by atoms with Gasteiger partial charge in [0.2, 0.25) is 0 Å². The van der Waals surface area contributed by atoms with E-state index in [-0.39, 0.29) is 17.9 Å². The minimum atomic E-state index is -0.354. The Kier molecular flexibility index (Phi) is 2.99. The van der Waals surface area contributed by atoms with Gasteiger partial charge in [0.05, 0.1) is 12.1 Å². The predicted octanol–water partition coefficient (Wildman–Crippen LogP) is -1.54. The Morgan fingerprint density at radius 3 is 2.82 bits per heavy atom. The summed E-state index contributed by atoms with van der Waals surface area (Å²) in [5, 5.41) is 6.24. The number of nitrogens with one attached hydrogen (secondary N) is 2. The minimum Gasteiger partial charge on any atom is -0.322 e. The summed E-state index contributed by atoms with van der Waals surface area (Å²) in [5.41, 5.74) is 5.45. The molecule has 0 amide bonds. The SMILES string of the molecule is CC(N)C(=O)C1CNCCN1. The Bertz CT molecular complexity index is 141. The van der Waals surface area contributed by atoms with Gasteiger partial charge >= 0.3 is 0 Å². The van der Waals surface area contributed by atoms with Gasteiger partial charge in [-0.3, -0.25) is 4.79 Å². The molecule has 0 aliphatic carbocycles. The Morgan fingerprint density at radius 1 is 1.64 bits per heavy atom. The van der Waals surface area contributed by atoms with Crippen LogP contribution in [-0.4, -0.2) is 37.5 Å². The molecule has 0 bridgehead atoms. The molecule has 4 heteroatoms. The van der Waals surface area contributed by atoms with Crippen molar-refractivity contribution in [3.63, 3.8) is 0 Å². The van der Waals surface area contributed by atoms with Crippen LogP contribution in [0.5, 0.6) is 0 Å². The van der Waals surface area contributed by atoms with Crippen molar-refractivity contribution in [3.05, 3.63) is 0 Å². The quantitative estimate of drug-likeness (QED) is 0.454. The van der Waals surface area contributed by atoms with Crippen molar-refractivity contribution in [2.24, 2.45) is 5.73 Å². The van der Waals surface area contributed by atoms with Gasteiger partial charge in [-0.15, -0.1) is 0 Å². The average molecular weight is 157 g/mol. The van der Waals surface area contributed by atoms with E-state index in [1.165, 1.54) is 0 Å². The van der Waals surface area contributed by atoms with Crippen LogP contribution in [0.25, 0.3) is 0 Å². The maximum atomic E-state index is 11.3. The van der Waals surface area contributed by atoms with Gasteiger partial charge in [0.1, 0.15) is 0 Å². The van der Waals surface area contributed by atoms with Crippen LogP contribution in [0.4, 0.5) is 0 Å². The van der Waals surface area contributed by atoms with E-state index in [9.17, 15) is 4.79 Å². The van der Waals surface area contributed by atoms with Crippen LogP contribution in [0, 0.1) is 0 Å². The van der Waals surface area contributed by atoms with Crippen LogP contribution >= 0.6 is 0 Å². The first-order valence-corrected chi connectivity index (χ1v) is 3.95. The smallest absolute Gasteiger partial charge is 0.167 e. The summed E-state index contributed by atoms with van der Waals surface area (Å²) in [5.74, 6) is 0.0946. The summed E-state index contributed by atoms with van der Waals surface area (Å²) in [6, 6.07) is -0.434. The number of nitrogens with two attached hydrogens (primary N) is 1. The average Bonchev–Trinajstić information content (AvgIpc) is 2.05. The van der Waals surface area contributed by atoms with Crippen LogP contribution in [0.1, 0.15) is 6.92 Å². The summed E-state index contributed by atoms with van der Waals surface area (Å²) in [6.45, 7) is 4.21. The molecule has 1 heterocycles. The fraction of sp³-hybridized carbons (Fsp3) is 0.857. The van der Waals surface area contributed by atoms with Crippen LogP contribution in [-0.2, 0) is 4.79 Å². The van der Waals surface area contributed by atoms with Gasteiger partial charge in [-0.1, -0.05) is 0 Å². The van der Waals surface area contributed by atoms with E-state index in [4.69, 9.17) is 5.73 Å². The van der Waals surface area contributed by atoms with Gasteiger partial charge < -0.3 is 16.4 Å². The third-order valence-electron chi connectivity index (χ3n) is 1.83. The zero-order valence-electron chi connectivity index (χ0n) is 6.76. The predicted molar refractivity (Wildman–Crippen MR) is 43.3 cm³/mol. The van der Waals surface area contributed by atoms with Crippen LogP contribution in [0.3, 0.4) is 0 Å². The summed E-state index contributed by atoms with van der Waals surface area (Å²) >= 11 is 0. The van der Waals surface area contributed by atoms with Crippen LogP contribution in [0.2, 0.25) is 0 Å². The fourth-order valence-corrected chi connectivity index (χ4v) is 1.17. The minimum absolute atomic E-state index is 0.0799. The molecule has 4 nitrogen and oxygen atoms in total. The van der Waals surface area contributed by atoms with E-state index in [0.717, 1.165) is 13.1 Å². The first-order valence-electron chi connectivity index (χ1n) is 3.95. The molecule has 0 saturated carbocycles. The monoisotopic (exact) mass is 157 g/mol. The lowest BCUT2D eigenvalue weighted by molar-refractivity contribution is -0.122. The first kappa shape index (κ1) is 8.64. The number of ketones is 1. The van der Waals surface area contributed by atoms with Gasteiger partial charge in [-0.05, 0) is 6.92 Å². The largest absolute Gasteiger partial charge is 0.322 e. The molecule has 1 aliphatic rings. The molecule has 2 atom stereocenters. The standard InChI is InChI=1S/C7H15N3O/c1-5(8)7(11)6-4-9-2-3-10-6/h5-6,9-10H,2-4,8H2,1H3. The van der Waals surface area contributed by atoms with Crippen molar-refractivity contribution in [2.45, 2.75) is 19.0 Å². The van der Waals surface area contributed by atoms with E-state index in [1.54, 1.807) is 6.92 Å². The third kappa shape index (κ3) is 2.25. The first-order chi connectivity index (χ1) is 5.22. The number of rotatable bonds is 2. The molecule has 2 unspecified atom stereocenters. The van der Waals surface area contributed by atoms with Gasteiger partial charge in [0, 0.05) is 19.6 Å². The highest BCUT2D eigenvalue weighted by atomic mass is 16.1. The Balaban J connectivity index is 2.39.